The van der Waals surface area contributed by atoms with Crippen LogP contribution >= 0.6 is 0 Å². The number of hydrogen-bond acceptors (Lipinski definition) is 3. The Kier molecular flexibility index (Phi) is 3.67. The summed E-state index contributed by atoms with van der Waals surface area (Å²) in [7, 11) is 0. The van der Waals surface area contributed by atoms with Crippen LogP contribution in [-0.4, -0.2) is 22.0 Å². The van der Waals surface area contributed by atoms with Crippen LogP contribution in [0.3, 0.4) is 0 Å². The normalized spacial score (nSPS) is 19.0. The molecule has 1 saturated carbocycles. The van der Waals surface area contributed by atoms with E-state index in [4.69, 9.17) is 0 Å². The van der Waals surface area contributed by atoms with Gasteiger partial charge in [0.1, 0.15) is 17.8 Å². The first-order valence-corrected chi connectivity index (χ1v) is 7.98. The summed E-state index contributed by atoms with van der Waals surface area (Å²) in [6.45, 7) is 1.71. The summed E-state index contributed by atoms with van der Waals surface area (Å²) >= 11 is 0. The van der Waals surface area contributed by atoms with Crippen molar-refractivity contribution in [3.05, 3.63) is 54.2 Å². The second kappa shape index (κ2) is 5.88. The van der Waals surface area contributed by atoms with Crippen molar-refractivity contribution >= 4 is 22.5 Å². The van der Waals surface area contributed by atoms with E-state index < -0.39 is 12.1 Å². The molecule has 1 fully saturated rings. The van der Waals surface area contributed by atoms with Crippen molar-refractivity contribution in [1.82, 2.24) is 9.97 Å². The minimum absolute atomic E-state index is 0.282. The van der Waals surface area contributed by atoms with E-state index in [0.29, 0.717) is 11.4 Å². The number of anilines is 1. The van der Waals surface area contributed by atoms with Gasteiger partial charge < -0.3 is 5.32 Å². The lowest BCUT2D eigenvalue weighted by Crippen LogP contribution is -2.15. The molecule has 4 rings (SSSR count). The third-order valence-corrected chi connectivity index (χ3v) is 4.49. The van der Waals surface area contributed by atoms with Gasteiger partial charge in [0.25, 0.3) is 0 Å². The summed E-state index contributed by atoms with van der Waals surface area (Å²) < 4.78 is 26.6. The molecule has 126 valence electrons. The Morgan fingerprint density at radius 3 is 2.76 bits per heavy atom. The highest BCUT2D eigenvalue weighted by molar-refractivity contribution is 5.96. The van der Waals surface area contributed by atoms with Gasteiger partial charge in [-0.25, -0.2) is 13.8 Å². The highest BCUT2D eigenvalue weighted by Gasteiger charge is 2.43. The van der Waals surface area contributed by atoms with E-state index >= 15 is 0 Å². The van der Waals surface area contributed by atoms with Crippen LogP contribution in [0.5, 0.6) is 0 Å². The third kappa shape index (κ3) is 2.95. The SMILES string of the molecule is Cc1c(F)cncc1-c1ccc2cc(NC(=O)C3CC3F)ncc2c1. The molecule has 1 N–H and O–H groups in total. The molecule has 2 heterocycles. The maximum Gasteiger partial charge on any atom is 0.231 e. The zero-order valence-electron chi connectivity index (χ0n) is 13.5. The topological polar surface area (TPSA) is 54.9 Å². The number of pyridine rings is 2. The molecule has 1 aromatic carbocycles. The van der Waals surface area contributed by atoms with Crippen LogP contribution in [0.1, 0.15) is 12.0 Å². The molecular formula is C19H15F2N3O. The van der Waals surface area contributed by atoms with E-state index in [1.165, 1.54) is 6.20 Å². The van der Waals surface area contributed by atoms with Gasteiger partial charge >= 0.3 is 0 Å². The fourth-order valence-corrected chi connectivity index (χ4v) is 2.82. The van der Waals surface area contributed by atoms with Gasteiger partial charge in [0.05, 0.1) is 12.1 Å². The van der Waals surface area contributed by atoms with E-state index in [1.54, 1.807) is 25.4 Å². The average Bonchev–Trinajstić information content (AvgIpc) is 3.34. The molecule has 25 heavy (non-hydrogen) atoms. The van der Waals surface area contributed by atoms with Crippen molar-refractivity contribution in [3.8, 4) is 11.1 Å². The number of nitrogens with zero attached hydrogens (tertiary/aromatic N) is 2. The number of amides is 1. The van der Waals surface area contributed by atoms with Crippen LogP contribution in [0.2, 0.25) is 0 Å². The van der Waals surface area contributed by atoms with Crippen molar-refractivity contribution in [2.45, 2.75) is 19.5 Å². The highest BCUT2D eigenvalue weighted by atomic mass is 19.1. The fraction of sp³-hybridized carbons (Fsp3) is 0.211. The van der Waals surface area contributed by atoms with Crippen molar-refractivity contribution in [3.63, 3.8) is 0 Å². The first-order chi connectivity index (χ1) is 12.0. The molecular weight excluding hydrogens is 324 g/mol. The van der Waals surface area contributed by atoms with Gasteiger partial charge in [-0.05, 0) is 42.0 Å². The summed E-state index contributed by atoms with van der Waals surface area (Å²) in [5.74, 6) is -0.839. The van der Waals surface area contributed by atoms with Gasteiger partial charge in [-0.2, -0.15) is 0 Å². The summed E-state index contributed by atoms with van der Waals surface area (Å²) in [5.41, 5.74) is 2.10. The molecule has 0 saturated heterocycles. The average molecular weight is 339 g/mol. The monoisotopic (exact) mass is 339 g/mol. The zero-order valence-corrected chi connectivity index (χ0v) is 13.5. The molecule has 0 spiro atoms. The van der Waals surface area contributed by atoms with Gasteiger partial charge in [-0.1, -0.05) is 12.1 Å². The Morgan fingerprint density at radius 2 is 2.00 bits per heavy atom. The standard InChI is InChI=1S/C19H15F2N3O/c1-10-15(8-22-9-17(10)21)12-3-2-11-5-18(23-7-13(11)4-12)24-19(25)14-6-16(14)20/h2-5,7-9,14,16H,6H2,1H3,(H,23,24,25). The van der Waals surface area contributed by atoms with Gasteiger partial charge in [0.15, 0.2) is 0 Å². The Hall–Kier alpha value is -2.89. The smallest absolute Gasteiger partial charge is 0.231 e. The third-order valence-electron chi connectivity index (χ3n) is 4.49. The van der Waals surface area contributed by atoms with Gasteiger partial charge in [-0.3, -0.25) is 9.78 Å². The number of hydrogen-bond donors (Lipinski definition) is 1. The number of benzene rings is 1. The largest absolute Gasteiger partial charge is 0.310 e. The van der Waals surface area contributed by atoms with Crippen LogP contribution < -0.4 is 5.32 Å². The number of aromatic nitrogens is 2. The number of carbonyl (C=O) groups excluding carboxylic acids is 1. The summed E-state index contributed by atoms with van der Waals surface area (Å²) in [6.07, 6.45) is 3.70. The summed E-state index contributed by atoms with van der Waals surface area (Å²) in [6, 6.07) is 7.39. The van der Waals surface area contributed by atoms with E-state index in [9.17, 15) is 13.6 Å². The highest BCUT2D eigenvalue weighted by Crippen LogP contribution is 2.35. The number of rotatable bonds is 3. The van der Waals surface area contributed by atoms with E-state index in [2.05, 4.69) is 15.3 Å². The quantitative estimate of drug-likeness (QED) is 0.783. The minimum atomic E-state index is -1.04. The Labute approximate surface area is 142 Å². The summed E-state index contributed by atoms with van der Waals surface area (Å²) in [5, 5.41) is 4.37. The number of alkyl halides is 1. The predicted octanol–water partition coefficient (Wildman–Crippen LogP) is 4.04. The lowest BCUT2D eigenvalue weighted by molar-refractivity contribution is -0.117. The minimum Gasteiger partial charge on any atom is -0.310 e. The molecule has 0 aliphatic heterocycles. The summed E-state index contributed by atoms with van der Waals surface area (Å²) in [4.78, 5) is 19.9. The van der Waals surface area contributed by atoms with Gasteiger partial charge in [0, 0.05) is 23.3 Å². The lowest BCUT2D eigenvalue weighted by atomic mass is 10.00. The molecule has 2 atom stereocenters. The van der Waals surface area contributed by atoms with Crippen LogP contribution in [0.25, 0.3) is 21.9 Å². The Morgan fingerprint density at radius 1 is 1.20 bits per heavy atom. The van der Waals surface area contributed by atoms with Crippen molar-refractivity contribution in [2.24, 2.45) is 5.92 Å². The molecule has 4 nitrogen and oxygen atoms in total. The molecule has 1 aliphatic carbocycles. The predicted molar refractivity (Wildman–Crippen MR) is 91.3 cm³/mol. The van der Waals surface area contributed by atoms with Gasteiger partial charge in [0.2, 0.25) is 5.91 Å². The number of halogens is 2. The van der Waals surface area contributed by atoms with Crippen molar-refractivity contribution in [1.29, 1.82) is 0 Å². The van der Waals surface area contributed by atoms with E-state index in [-0.39, 0.29) is 18.1 Å². The number of nitrogens with one attached hydrogen (secondary N) is 1. The molecule has 1 amide bonds. The molecule has 2 unspecified atom stereocenters. The van der Waals surface area contributed by atoms with Crippen molar-refractivity contribution < 1.29 is 13.6 Å². The van der Waals surface area contributed by atoms with Crippen LogP contribution in [0.4, 0.5) is 14.6 Å². The maximum atomic E-state index is 13.7. The number of carbonyl (C=O) groups is 1. The molecule has 3 aromatic rings. The second-order valence-corrected chi connectivity index (χ2v) is 6.27. The van der Waals surface area contributed by atoms with Crippen LogP contribution in [0.15, 0.2) is 42.9 Å². The first-order valence-electron chi connectivity index (χ1n) is 7.98. The Bertz CT molecular complexity index is 990. The Balaban J connectivity index is 1.65. The van der Waals surface area contributed by atoms with Crippen molar-refractivity contribution in [2.75, 3.05) is 5.32 Å². The number of fused-ring (bicyclic) bond motifs is 1. The molecule has 0 bridgehead atoms. The van der Waals surface area contributed by atoms with Crippen LogP contribution in [-0.2, 0) is 4.79 Å². The fourth-order valence-electron chi connectivity index (χ4n) is 2.82. The maximum absolute atomic E-state index is 13.7. The zero-order chi connectivity index (χ0) is 17.6. The lowest BCUT2D eigenvalue weighted by Gasteiger charge is -2.09. The molecule has 2 aromatic heterocycles. The molecule has 0 radical (unpaired) electrons. The molecule has 6 heteroatoms. The van der Waals surface area contributed by atoms with Gasteiger partial charge in [-0.15, -0.1) is 0 Å². The van der Waals surface area contributed by atoms with E-state index in [1.807, 2.05) is 18.2 Å². The second-order valence-electron chi connectivity index (χ2n) is 6.27. The van der Waals surface area contributed by atoms with E-state index in [0.717, 1.165) is 21.9 Å². The first kappa shape index (κ1) is 15.6. The molecule has 1 aliphatic rings. The van der Waals surface area contributed by atoms with Crippen LogP contribution in [0, 0.1) is 18.7 Å².